The second-order valence-corrected chi connectivity index (χ2v) is 20.2. The average molecular weight is 819 g/mol. The van der Waals surface area contributed by atoms with E-state index in [1.54, 1.807) is 0 Å². The zero-order valence-electron chi connectivity index (χ0n) is 34.6. The molecule has 10 aromatic carbocycles. The van der Waals surface area contributed by atoms with Crippen LogP contribution in [-0.2, 0) is 0 Å². The fourth-order valence-electron chi connectivity index (χ4n) is 10.3. The highest BCUT2D eigenvalue weighted by molar-refractivity contribution is 7.20. The summed E-state index contributed by atoms with van der Waals surface area (Å²) in [7, 11) is -2.84. The maximum absolute atomic E-state index is 2.84. The van der Waals surface area contributed by atoms with Crippen LogP contribution in [0.5, 0.6) is 0 Å². The molecule has 2 aromatic heterocycles. The number of nitrogens with zero attached hydrogens (tertiary/aromatic N) is 2. The third-order valence-electron chi connectivity index (χ3n) is 13.1. The summed E-state index contributed by atoms with van der Waals surface area (Å²) in [5, 5.41) is 10.3. The number of rotatable bonds is 8. The molecule has 63 heavy (non-hydrogen) atoms. The minimum atomic E-state index is -2.84. The van der Waals surface area contributed by atoms with Crippen LogP contribution in [0.25, 0.3) is 77.2 Å². The lowest BCUT2D eigenvalue weighted by molar-refractivity contribution is 1.13. The zero-order valence-corrected chi connectivity index (χ0v) is 35.6. The normalized spacial score (nSPS) is 11.8. The Bertz CT molecular complexity index is 3500. The third kappa shape index (κ3) is 5.85. The molecule has 0 atom stereocenters. The van der Waals surface area contributed by atoms with E-state index in [1.807, 2.05) is 0 Å². The van der Waals surface area contributed by atoms with Gasteiger partial charge >= 0.3 is 0 Å². The SMILES string of the molecule is c1ccc(-c2ccc3c4cccc(-n5c6ccccc6c6ccc([Si](c7ccccc7)(c7ccccc7)c7ccccc7)cc65)c4n(-c4ccccc4-c4ccccc4)c3c2)cc1. The van der Waals surface area contributed by atoms with Crippen LogP contribution in [0, 0.1) is 0 Å². The minimum Gasteiger partial charge on any atom is -0.307 e. The molecule has 0 saturated carbocycles. The molecule has 12 rings (SSSR count). The molecule has 0 amide bonds. The van der Waals surface area contributed by atoms with Crippen LogP contribution in [0.3, 0.4) is 0 Å². The van der Waals surface area contributed by atoms with Gasteiger partial charge in [-0.2, -0.15) is 0 Å². The monoisotopic (exact) mass is 818 g/mol. The van der Waals surface area contributed by atoms with E-state index in [9.17, 15) is 0 Å². The van der Waals surface area contributed by atoms with E-state index in [4.69, 9.17) is 0 Å². The first-order valence-corrected chi connectivity index (χ1v) is 23.8. The van der Waals surface area contributed by atoms with Crippen LogP contribution in [0.15, 0.2) is 255 Å². The predicted octanol–water partition coefficient (Wildman–Crippen LogP) is 12.6. The summed E-state index contributed by atoms with van der Waals surface area (Å²) in [6.45, 7) is 0. The first-order chi connectivity index (χ1) is 31.3. The second kappa shape index (κ2) is 15.2. The molecule has 0 unspecified atom stereocenters. The van der Waals surface area contributed by atoms with Crippen LogP contribution < -0.4 is 20.7 Å². The quantitative estimate of drug-likeness (QED) is 0.107. The third-order valence-corrected chi connectivity index (χ3v) is 17.8. The van der Waals surface area contributed by atoms with Gasteiger partial charge in [0.25, 0.3) is 0 Å². The maximum atomic E-state index is 2.55. The lowest BCUT2D eigenvalue weighted by atomic mass is 10.0. The van der Waals surface area contributed by atoms with Gasteiger partial charge in [-0.1, -0.05) is 224 Å². The molecule has 0 bridgehead atoms. The summed E-state index contributed by atoms with van der Waals surface area (Å²) in [6.07, 6.45) is 0. The molecule has 0 radical (unpaired) electrons. The predicted molar refractivity (Wildman–Crippen MR) is 270 cm³/mol. The highest BCUT2D eigenvalue weighted by atomic mass is 28.3. The number of benzene rings is 10. The van der Waals surface area contributed by atoms with Crippen molar-refractivity contribution < 1.29 is 0 Å². The molecular formula is C60H42N2Si. The number of aromatic nitrogens is 2. The van der Waals surface area contributed by atoms with Crippen LogP contribution >= 0.6 is 0 Å². The topological polar surface area (TPSA) is 9.86 Å². The van der Waals surface area contributed by atoms with Crippen molar-refractivity contribution in [3.8, 4) is 33.6 Å². The highest BCUT2D eigenvalue weighted by Crippen LogP contribution is 2.42. The first-order valence-electron chi connectivity index (χ1n) is 21.8. The fourth-order valence-corrected chi connectivity index (χ4v) is 15.1. The van der Waals surface area contributed by atoms with E-state index >= 15 is 0 Å². The van der Waals surface area contributed by atoms with E-state index in [0.717, 1.165) is 11.4 Å². The van der Waals surface area contributed by atoms with Gasteiger partial charge in [-0.3, -0.25) is 0 Å². The molecule has 0 N–H and O–H groups in total. The van der Waals surface area contributed by atoms with Crippen molar-refractivity contribution in [1.29, 1.82) is 0 Å². The van der Waals surface area contributed by atoms with Crippen LogP contribution in [0.1, 0.15) is 0 Å². The molecular weight excluding hydrogens is 777 g/mol. The Labute approximate surface area is 368 Å². The van der Waals surface area contributed by atoms with Crippen LogP contribution in [0.4, 0.5) is 0 Å². The fraction of sp³-hybridized carbons (Fsp3) is 0. The molecule has 12 aromatic rings. The van der Waals surface area contributed by atoms with Crippen molar-refractivity contribution >= 4 is 72.4 Å². The maximum Gasteiger partial charge on any atom is 0.179 e. The van der Waals surface area contributed by atoms with Gasteiger partial charge in [-0.15, -0.1) is 0 Å². The van der Waals surface area contributed by atoms with Crippen molar-refractivity contribution in [1.82, 2.24) is 9.13 Å². The standard InChI is InChI=1S/C60H42N2Si/c1-6-21-43(22-7-1)45-37-39-53-54-33-20-36-57(60(54)62(58(53)41-45)55-34-18-16-31-50(55)44-23-8-2-9-24-44)61-56-35-19-17-32-51(56)52-40-38-49(42-59(52)61)63(46-25-10-3-11-26-46,47-27-12-4-13-28-47)48-29-14-5-15-30-48/h1-42H. The molecule has 2 nitrogen and oxygen atoms in total. The number of fused-ring (bicyclic) bond motifs is 6. The van der Waals surface area contributed by atoms with Gasteiger partial charge in [0.1, 0.15) is 0 Å². The van der Waals surface area contributed by atoms with Crippen LogP contribution in [0.2, 0.25) is 0 Å². The number of hydrogen-bond acceptors (Lipinski definition) is 0. The van der Waals surface area contributed by atoms with Gasteiger partial charge in [0, 0.05) is 27.1 Å². The summed E-state index contributed by atoms with van der Waals surface area (Å²) < 4.78 is 5.09. The summed E-state index contributed by atoms with van der Waals surface area (Å²) >= 11 is 0. The van der Waals surface area contributed by atoms with Crippen molar-refractivity contribution in [3.63, 3.8) is 0 Å². The smallest absolute Gasteiger partial charge is 0.179 e. The molecule has 0 spiro atoms. The van der Waals surface area contributed by atoms with E-state index < -0.39 is 8.07 Å². The Morgan fingerprint density at radius 1 is 0.254 bits per heavy atom. The van der Waals surface area contributed by atoms with Gasteiger partial charge < -0.3 is 9.13 Å². The molecule has 0 saturated heterocycles. The Kier molecular flexibility index (Phi) is 8.87. The largest absolute Gasteiger partial charge is 0.307 e. The number of para-hydroxylation sites is 3. The van der Waals surface area contributed by atoms with E-state index in [-0.39, 0.29) is 0 Å². The number of hydrogen-bond donors (Lipinski definition) is 0. The Morgan fingerprint density at radius 2 is 0.730 bits per heavy atom. The van der Waals surface area contributed by atoms with Crippen molar-refractivity contribution in [2.75, 3.05) is 0 Å². The summed E-state index contributed by atoms with van der Waals surface area (Å²) in [5.41, 5.74) is 11.8. The second-order valence-electron chi connectivity index (χ2n) is 16.4. The van der Waals surface area contributed by atoms with Crippen molar-refractivity contribution in [2.45, 2.75) is 0 Å². The van der Waals surface area contributed by atoms with Crippen LogP contribution in [-0.4, -0.2) is 17.2 Å². The lowest BCUT2D eigenvalue weighted by Gasteiger charge is -2.34. The average Bonchev–Trinajstić information content (AvgIpc) is 3.88. The molecule has 2 heterocycles. The van der Waals surface area contributed by atoms with E-state index in [0.29, 0.717) is 0 Å². The molecule has 0 aliphatic heterocycles. The molecule has 0 aliphatic rings. The van der Waals surface area contributed by atoms with Gasteiger partial charge in [-0.25, -0.2) is 0 Å². The molecule has 0 aliphatic carbocycles. The van der Waals surface area contributed by atoms with Crippen molar-refractivity contribution in [3.05, 3.63) is 255 Å². The van der Waals surface area contributed by atoms with E-state index in [2.05, 4.69) is 264 Å². The lowest BCUT2D eigenvalue weighted by Crippen LogP contribution is -2.74. The summed E-state index contributed by atoms with van der Waals surface area (Å²) in [4.78, 5) is 0. The van der Waals surface area contributed by atoms with E-state index in [1.165, 1.54) is 86.6 Å². The van der Waals surface area contributed by atoms with Gasteiger partial charge in [0.2, 0.25) is 0 Å². The van der Waals surface area contributed by atoms with Crippen molar-refractivity contribution in [2.24, 2.45) is 0 Å². The summed E-state index contributed by atoms with van der Waals surface area (Å²) in [6, 6.07) is 94.3. The Balaban J connectivity index is 1.22. The zero-order chi connectivity index (χ0) is 41.7. The Morgan fingerprint density at radius 3 is 1.40 bits per heavy atom. The summed E-state index contributed by atoms with van der Waals surface area (Å²) in [5.74, 6) is 0. The highest BCUT2D eigenvalue weighted by Gasteiger charge is 2.41. The molecule has 3 heteroatoms. The Hall–Kier alpha value is -7.98. The minimum absolute atomic E-state index is 1.14. The molecule has 296 valence electrons. The molecule has 0 fully saturated rings. The first kappa shape index (κ1) is 36.8. The van der Waals surface area contributed by atoms with Gasteiger partial charge in [0.05, 0.1) is 33.4 Å². The van der Waals surface area contributed by atoms with Gasteiger partial charge in [0.15, 0.2) is 8.07 Å². The van der Waals surface area contributed by atoms with Gasteiger partial charge in [-0.05, 0) is 67.8 Å².